The molecule has 0 aromatic heterocycles. The fraction of sp³-hybridized carbons (Fsp3) is 0.892. The number of carboxylic acid groups (broad SMARTS) is 1. The maximum Gasteiger partial charge on any atom is 0.306 e. The van der Waals surface area contributed by atoms with Crippen molar-refractivity contribution in [2.45, 2.75) is 328 Å². The molecular weight excluding hydrogens is 923 g/mol. The molecule has 0 amide bonds. The summed E-state index contributed by atoms with van der Waals surface area (Å²) >= 11 is 0. The van der Waals surface area contributed by atoms with Gasteiger partial charge in [0.1, 0.15) is 13.2 Å². The van der Waals surface area contributed by atoms with Gasteiger partial charge in [-0.3, -0.25) is 9.59 Å². The van der Waals surface area contributed by atoms with E-state index in [1.54, 1.807) is 0 Å². The van der Waals surface area contributed by atoms with E-state index < -0.39 is 24.3 Å². The van der Waals surface area contributed by atoms with Gasteiger partial charge in [0.25, 0.3) is 0 Å². The fourth-order valence-corrected chi connectivity index (χ4v) is 9.51. The van der Waals surface area contributed by atoms with Crippen molar-refractivity contribution in [1.82, 2.24) is 0 Å². The number of quaternary nitrogens is 1. The zero-order valence-electron chi connectivity index (χ0n) is 49.7. The SMILES string of the molecule is CCCCCCC/C=C\C/C=C\CCCCCCCCCCCCCCCCCCCCCC(=O)OC(COC(=O)CCCCCCCCCCCCCCCCCCCC)COC(OCC[N+](C)(C)C)C(=O)[O-]. The predicted molar refractivity (Wildman–Crippen MR) is 311 cm³/mol. The number of unbranched alkanes of at least 4 members (excludes halogenated alkanes) is 41. The lowest BCUT2D eigenvalue weighted by molar-refractivity contribution is -0.870. The van der Waals surface area contributed by atoms with Crippen molar-refractivity contribution in [3.8, 4) is 0 Å². The predicted octanol–water partition coefficient (Wildman–Crippen LogP) is 17.7. The number of carboxylic acids is 1. The van der Waals surface area contributed by atoms with Gasteiger partial charge >= 0.3 is 11.9 Å². The van der Waals surface area contributed by atoms with Crippen LogP contribution in [0, 0.1) is 0 Å². The topological polar surface area (TPSA) is 111 Å². The van der Waals surface area contributed by atoms with Gasteiger partial charge in [-0.05, 0) is 44.9 Å². The summed E-state index contributed by atoms with van der Waals surface area (Å²) in [4.78, 5) is 37.3. The normalized spacial score (nSPS) is 12.8. The Balaban J connectivity index is 4.08. The van der Waals surface area contributed by atoms with Gasteiger partial charge in [0.05, 0.1) is 40.3 Å². The van der Waals surface area contributed by atoms with Crippen molar-refractivity contribution in [2.24, 2.45) is 0 Å². The van der Waals surface area contributed by atoms with Crippen molar-refractivity contribution < 1.29 is 42.9 Å². The molecule has 0 aliphatic heterocycles. The van der Waals surface area contributed by atoms with Crippen molar-refractivity contribution in [2.75, 3.05) is 47.5 Å². The lowest BCUT2D eigenvalue weighted by Gasteiger charge is -2.26. The van der Waals surface area contributed by atoms with Gasteiger partial charge in [0, 0.05) is 12.8 Å². The molecule has 0 N–H and O–H groups in total. The standard InChI is InChI=1S/C65H123NO8/c1-6-8-10-12-14-16-18-20-22-24-26-27-28-29-30-31-32-33-34-35-36-37-38-40-42-44-46-48-50-52-54-56-63(68)74-61(60-73-65(64(69)70)71-58-57-66(3,4)5)59-72-62(67)55-53-51-49-47-45-43-41-39-25-23-21-19-17-15-13-11-9-7-2/h18,20,24,26,61,65H,6-17,19,21-23,25,27-60H2,1-5H3/b20-18-,26-24-. The first-order valence-corrected chi connectivity index (χ1v) is 32.0. The molecular formula is C65H123NO8. The molecule has 0 aliphatic carbocycles. The molecule has 9 nitrogen and oxygen atoms in total. The van der Waals surface area contributed by atoms with E-state index in [4.69, 9.17) is 18.9 Å². The van der Waals surface area contributed by atoms with E-state index in [1.807, 2.05) is 21.1 Å². The second-order valence-corrected chi connectivity index (χ2v) is 23.1. The van der Waals surface area contributed by atoms with Crippen LogP contribution in [0.15, 0.2) is 24.3 Å². The minimum atomic E-state index is -1.62. The molecule has 74 heavy (non-hydrogen) atoms. The van der Waals surface area contributed by atoms with E-state index in [9.17, 15) is 19.5 Å². The molecule has 0 spiro atoms. The molecule has 0 aromatic rings. The number of esters is 2. The number of carbonyl (C=O) groups excluding carboxylic acids is 3. The number of rotatable bonds is 60. The minimum absolute atomic E-state index is 0.151. The monoisotopic (exact) mass is 1050 g/mol. The number of allylic oxidation sites excluding steroid dienone is 4. The molecule has 0 fully saturated rings. The largest absolute Gasteiger partial charge is 0.545 e. The van der Waals surface area contributed by atoms with Gasteiger partial charge in [-0.2, -0.15) is 0 Å². The van der Waals surface area contributed by atoms with Crippen molar-refractivity contribution in [3.05, 3.63) is 24.3 Å². The number of hydrogen-bond acceptors (Lipinski definition) is 8. The highest BCUT2D eigenvalue weighted by molar-refractivity contribution is 5.70. The first kappa shape index (κ1) is 71.8. The molecule has 0 aliphatic rings. The summed E-state index contributed by atoms with van der Waals surface area (Å²) in [5.74, 6) is -2.26. The Labute approximate surface area is 458 Å². The fourth-order valence-electron chi connectivity index (χ4n) is 9.51. The highest BCUT2D eigenvalue weighted by Gasteiger charge is 2.22. The van der Waals surface area contributed by atoms with Crippen LogP contribution in [0.25, 0.3) is 0 Å². The van der Waals surface area contributed by atoms with E-state index in [1.165, 1.54) is 244 Å². The first-order chi connectivity index (χ1) is 36.1. The number of hydrogen-bond donors (Lipinski definition) is 0. The third-order valence-corrected chi connectivity index (χ3v) is 14.5. The minimum Gasteiger partial charge on any atom is -0.545 e. The molecule has 0 saturated heterocycles. The van der Waals surface area contributed by atoms with Crippen molar-refractivity contribution >= 4 is 17.9 Å². The van der Waals surface area contributed by atoms with Crippen LogP contribution in [-0.4, -0.2) is 82.3 Å². The number of likely N-dealkylation sites (N-methyl/N-ethyl adjacent to an activating group) is 1. The summed E-state index contributed by atoms with van der Waals surface area (Å²) in [5, 5.41) is 11.8. The van der Waals surface area contributed by atoms with Gasteiger partial charge < -0.3 is 33.3 Å². The molecule has 2 atom stereocenters. The molecule has 0 rings (SSSR count). The van der Waals surface area contributed by atoms with Crippen molar-refractivity contribution in [1.29, 1.82) is 0 Å². The lowest BCUT2D eigenvalue weighted by atomic mass is 10.0. The van der Waals surface area contributed by atoms with E-state index in [2.05, 4.69) is 38.2 Å². The summed E-state index contributed by atoms with van der Waals surface area (Å²) in [7, 11) is 5.94. The molecule has 0 saturated carbocycles. The quantitative estimate of drug-likeness (QED) is 0.0195. The molecule has 0 heterocycles. The van der Waals surface area contributed by atoms with Crippen molar-refractivity contribution in [3.63, 3.8) is 0 Å². The summed E-state index contributed by atoms with van der Waals surface area (Å²) in [6.45, 7) is 4.80. The molecule has 2 unspecified atom stereocenters. The van der Waals surface area contributed by atoms with Crippen LogP contribution in [0.5, 0.6) is 0 Å². The van der Waals surface area contributed by atoms with Crippen LogP contribution in [0.3, 0.4) is 0 Å². The Bertz CT molecular complexity index is 1260. The third-order valence-electron chi connectivity index (χ3n) is 14.5. The van der Waals surface area contributed by atoms with Crippen LogP contribution >= 0.6 is 0 Å². The first-order valence-electron chi connectivity index (χ1n) is 32.0. The van der Waals surface area contributed by atoms with Gasteiger partial charge in [0.2, 0.25) is 0 Å². The second-order valence-electron chi connectivity index (χ2n) is 23.1. The van der Waals surface area contributed by atoms with Gasteiger partial charge in [0.15, 0.2) is 12.4 Å². The zero-order chi connectivity index (χ0) is 54.1. The Morgan fingerprint density at radius 1 is 0.405 bits per heavy atom. The Morgan fingerprint density at radius 2 is 0.730 bits per heavy atom. The molecule has 0 aromatic carbocycles. The molecule has 436 valence electrons. The van der Waals surface area contributed by atoms with E-state index >= 15 is 0 Å². The Morgan fingerprint density at radius 3 is 1.07 bits per heavy atom. The summed E-state index contributed by atoms with van der Waals surface area (Å²) < 4.78 is 22.8. The van der Waals surface area contributed by atoms with Gasteiger partial charge in [-0.1, -0.05) is 282 Å². The Hall–Kier alpha value is -2.23. The van der Waals surface area contributed by atoms with Crippen LogP contribution in [0.4, 0.5) is 0 Å². The molecule has 9 heteroatoms. The maximum absolute atomic E-state index is 12.9. The highest BCUT2D eigenvalue weighted by atomic mass is 16.7. The number of aliphatic carboxylic acids is 1. The number of carbonyl (C=O) groups is 3. The lowest BCUT2D eigenvalue weighted by Crippen LogP contribution is -2.44. The average Bonchev–Trinajstić information content (AvgIpc) is 3.37. The Kier molecular flexibility index (Phi) is 55.2. The average molecular weight is 1050 g/mol. The van der Waals surface area contributed by atoms with E-state index in [-0.39, 0.29) is 32.2 Å². The number of nitrogens with zero attached hydrogens (tertiary/aromatic N) is 1. The molecule has 0 radical (unpaired) electrons. The molecule has 0 bridgehead atoms. The van der Waals surface area contributed by atoms with Crippen LogP contribution in [0.2, 0.25) is 0 Å². The third kappa shape index (κ3) is 57.5. The highest BCUT2D eigenvalue weighted by Crippen LogP contribution is 2.18. The van der Waals surface area contributed by atoms with Crippen LogP contribution < -0.4 is 5.11 Å². The summed E-state index contributed by atoms with van der Waals surface area (Å²) in [6, 6.07) is 0. The maximum atomic E-state index is 12.9. The van der Waals surface area contributed by atoms with E-state index in [0.29, 0.717) is 17.4 Å². The van der Waals surface area contributed by atoms with Crippen LogP contribution in [0.1, 0.15) is 316 Å². The van der Waals surface area contributed by atoms with Gasteiger partial charge in [-0.25, -0.2) is 0 Å². The second kappa shape index (κ2) is 57.0. The summed E-state index contributed by atoms with van der Waals surface area (Å²) in [6.07, 6.45) is 65.3. The smallest absolute Gasteiger partial charge is 0.306 e. The van der Waals surface area contributed by atoms with Crippen LogP contribution in [-0.2, 0) is 33.3 Å². The summed E-state index contributed by atoms with van der Waals surface area (Å²) in [5.41, 5.74) is 0. The number of ether oxygens (including phenoxy) is 4. The van der Waals surface area contributed by atoms with E-state index in [0.717, 1.165) is 44.9 Å². The van der Waals surface area contributed by atoms with Gasteiger partial charge in [-0.15, -0.1) is 0 Å². The zero-order valence-corrected chi connectivity index (χ0v) is 49.7.